The van der Waals surface area contributed by atoms with Gasteiger partial charge in [0.2, 0.25) is 5.91 Å². The van der Waals surface area contributed by atoms with Gasteiger partial charge in [0.1, 0.15) is 5.82 Å². The number of para-hydroxylation sites is 3. The molecule has 1 aliphatic heterocycles. The van der Waals surface area contributed by atoms with Crippen LogP contribution in [-0.2, 0) is 17.8 Å². The first-order chi connectivity index (χ1) is 15.8. The topological polar surface area (TPSA) is 50.2 Å². The zero-order chi connectivity index (χ0) is 21.8. The Balaban J connectivity index is 1.21. The molecule has 32 heavy (non-hydrogen) atoms. The summed E-state index contributed by atoms with van der Waals surface area (Å²) in [5.74, 6) is 1.02. The summed E-state index contributed by atoms with van der Waals surface area (Å²) in [6.45, 7) is 2.86. The number of rotatable bonds is 7. The van der Waals surface area contributed by atoms with Gasteiger partial charge < -0.3 is 5.32 Å². The van der Waals surface area contributed by atoms with Gasteiger partial charge in [0.15, 0.2) is 0 Å². The Labute approximate surface area is 188 Å². The Bertz CT molecular complexity index is 1190. The van der Waals surface area contributed by atoms with Crippen LogP contribution in [0, 0.1) is 0 Å². The molecule has 0 saturated carbocycles. The molecule has 0 radical (unpaired) electrons. The van der Waals surface area contributed by atoms with E-state index in [0.717, 1.165) is 48.6 Å². The van der Waals surface area contributed by atoms with Crippen LogP contribution in [0.4, 0.5) is 0 Å². The van der Waals surface area contributed by atoms with E-state index >= 15 is 0 Å². The van der Waals surface area contributed by atoms with Crippen molar-refractivity contribution in [3.8, 4) is 5.69 Å². The van der Waals surface area contributed by atoms with Crippen LogP contribution in [0.15, 0.2) is 84.9 Å². The van der Waals surface area contributed by atoms with Gasteiger partial charge in [-0.2, -0.15) is 0 Å². The van der Waals surface area contributed by atoms with Crippen LogP contribution in [0.2, 0.25) is 0 Å². The van der Waals surface area contributed by atoms with Gasteiger partial charge in [-0.05, 0) is 36.2 Å². The fraction of sp³-hybridized carbons (Fsp3) is 0.259. The minimum Gasteiger partial charge on any atom is -0.352 e. The van der Waals surface area contributed by atoms with Crippen LogP contribution in [-0.4, -0.2) is 39.5 Å². The highest BCUT2D eigenvalue weighted by molar-refractivity contribution is 5.79. The van der Waals surface area contributed by atoms with E-state index in [4.69, 9.17) is 4.98 Å². The van der Waals surface area contributed by atoms with Crippen molar-refractivity contribution in [2.24, 2.45) is 0 Å². The number of nitrogens with zero attached hydrogens (tertiary/aromatic N) is 3. The number of fused-ring (bicyclic) bond motifs is 1. The van der Waals surface area contributed by atoms with E-state index in [1.165, 1.54) is 5.56 Å². The molecule has 1 unspecified atom stereocenters. The minimum absolute atomic E-state index is 0.100. The summed E-state index contributed by atoms with van der Waals surface area (Å²) in [7, 11) is 0. The highest BCUT2D eigenvalue weighted by Gasteiger charge is 2.24. The minimum atomic E-state index is 0.100. The van der Waals surface area contributed by atoms with E-state index < -0.39 is 0 Å². The molecule has 1 aromatic heterocycles. The molecule has 1 fully saturated rings. The molecule has 5 nitrogen and oxygen atoms in total. The molecule has 162 valence electrons. The van der Waals surface area contributed by atoms with Crippen LogP contribution in [0.25, 0.3) is 16.7 Å². The van der Waals surface area contributed by atoms with E-state index in [9.17, 15) is 4.79 Å². The summed E-state index contributed by atoms with van der Waals surface area (Å²) >= 11 is 0. The van der Waals surface area contributed by atoms with Crippen molar-refractivity contribution in [1.82, 2.24) is 19.8 Å². The summed E-state index contributed by atoms with van der Waals surface area (Å²) in [5.41, 5.74) is 4.42. The first-order valence-electron chi connectivity index (χ1n) is 11.3. The van der Waals surface area contributed by atoms with Crippen molar-refractivity contribution < 1.29 is 4.79 Å². The lowest BCUT2D eigenvalue weighted by atomic mass is 10.2. The predicted molar refractivity (Wildman–Crippen MR) is 128 cm³/mol. The Morgan fingerprint density at radius 3 is 2.47 bits per heavy atom. The number of aromatic nitrogens is 2. The molecular weight excluding hydrogens is 396 g/mol. The van der Waals surface area contributed by atoms with Gasteiger partial charge >= 0.3 is 0 Å². The molecule has 0 aliphatic carbocycles. The van der Waals surface area contributed by atoms with Crippen molar-refractivity contribution in [3.05, 3.63) is 96.3 Å². The zero-order valence-corrected chi connectivity index (χ0v) is 18.2. The van der Waals surface area contributed by atoms with Crippen LogP contribution in [0.1, 0.15) is 24.2 Å². The van der Waals surface area contributed by atoms with Gasteiger partial charge in [-0.1, -0.05) is 60.7 Å². The summed E-state index contributed by atoms with van der Waals surface area (Å²) in [6.07, 6.45) is 2.04. The van der Waals surface area contributed by atoms with Crippen LogP contribution < -0.4 is 5.32 Å². The first-order valence-corrected chi connectivity index (χ1v) is 11.3. The van der Waals surface area contributed by atoms with Crippen molar-refractivity contribution in [2.75, 3.05) is 13.1 Å². The summed E-state index contributed by atoms with van der Waals surface area (Å²) in [4.78, 5) is 20.0. The normalized spacial score (nSPS) is 16.4. The van der Waals surface area contributed by atoms with E-state index in [0.29, 0.717) is 12.8 Å². The standard InChI is InChI=1S/C27H28N4O/c32-27(28-22-17-18-30(20-22)19-21-9-3-1-4-10-21)16-15-26-29-24-13-7-8-14-25(24)31(26)23-11-5-2-6-12-23/h1-14,22H,15-20H2,(H,28,32). The summed E-state index contributed by atoms with van der Waals surface area (Å²) < 4.78 is 2.17. The zero-order valence-electron chi connectivity index (χ0n) is 18.2. The maximum atomic E-state index is 12.7. The second-order valence-electron chi connectivity index (χ2n) is 8.46. The van der Waals surface area contributed by atoms with Crippen molar-refractivity contribution in [3.63, 3.8) is 0 Å². The molecular formula is C27H28N4O. The number of carbonyl (C=O) groups is 1. The number of benzene rings is 3. The lowest BCUT2D eigenvalue weighted by Gasteiger charge is -2.17. The van der Waals surface area contributed by atoms with Gasteiger partial charge in [0.25, 0.3) is 0 Å². The third kappa shape index (κ3) is 4.58. The number of nitrogens with one attached hydrogen (secondary N) is 1. The van der Waals surface area contributed by atoms with Gasteiger partial charge in [-0.3, -0.25) is 14.3 Å². The molecule has 0 bridgehead atoms. The van der Waals surface area contributed by atoms with E-state index in [2.05, 4.69) is 57.2 Å². The number of aryl methyl sites for hydroxylation is 1. The smallest absolute Gasteiger partial charge is 0.220 e. The van der Waals surface area contributed by atoms with Crippen LogP contribution >= 0.6 is 0 Å². The Hall–Kier alpha value is -3.44. The Morgan fingerprint density at radius 2 is 1.66 bits per heavy atom. The van der Waals surface area contributed by atoms with E-state index in [1.54, 1.807) is 0 Å². The molecule has 5 rings (SSSR count). The maximum Gasteiger partial charge on any atom is 0.220 e. The number of hydrogen-bond donors (Lipinski definition) is 1. The molecule has 1 atom stereocenters. The van der Waals surface area contributed by atoms with Gasteiger partial charge in [0, 0.05) is 44.2 Å². The van der Waals surface area contributed by atoms with Crippen molar-refractivity contribution in [2.45, 2.75) is 31.8 Å². The second-order valence-corrected chi connectivity index (χ2v) is 8.46. The molecule has 5 heteroatoms. The SMILES string of the molecule is O=C(CCc1nc2ccccc2n1-c1ccccc1)NC1CCN(Cc2ccccc2)C1. The third-order valence-corrected chi connectivity index (χ3v) is 6.11. The molecule has 0 spiro atoms. The van der Waals surface area contributed by atoms with Gasteiger partial charge in [0.05, 0.1) is 11.0 Å². The molecule has 1 amide bonds. The van der Waals surface area contributed by atoms with Gasteiger partial charge in [-0.25, -0.2) is 4.98 Å². The second kappa shape index (κ2) is 9.37. The fourth-order valence-electron chi connectivity index (χ4n) is 4.57. The molecule has 1 saturated heterocycles. The average molecular weight is 425 g/mol. The van der Waals surface area contributed by atoms with Crippen molar-refractivity contribution >= 4 is 16.9 Å². The summed E-state index contributed by atoms with van der Waals surface area (Å²) in [6, 6.07) is 29.1. The summed E-state index contributed by atoms with van der Waals surface area (Å²) in [5, 5.41) is 3.24. The molecule has 2 heterocycles. The van der Waals surface area contributed by atoms with Gasteiger partial charge in [-0.15, -0.1) is 0 Å². The monoisotopic (exact) mass is 424 g/mol. The van der Waals surface area contributed by atoms with Crippen LogP contribution in [0.3, 0.4) is 0 Å². The lowest BCUT2D eigenvalue weighted by Crippen LogP contribution is -2.37. The average Bonchev–Trinajstić information content (AvgIpc) is 3.42. The lowest BCUT2D eigenvalue weighted by molar-refractivity contribution is -0.121. The quantitative estimate of drug-likeness (QED) is 0.480. The number of carbonyl (C=O) groups excluding carboxylic acids is 1. The molecule has 1 aliphatic rings. The first kappa shape index (κ1) is 20.5. The van der Waals surface area contributed by atoms with Crippen LogP contribution in [0.5, 0.6) is 0 Å². The number of hydrogen-bond acceptors (Lipinski definition) is 3. The molecule has 3 aromatic carbocycles. The van der Waals surface area contributed by atoms with E-state index in [1.807, 2.05) is 42.5 Å². The Kier molecular flexibility index (Phi) is 5.99. The molecule has 4 aromatic rings. The molecule has 1 N–H and O–H groups in total. The van der Waals surface area contributed by atoms with E-state index in [-0.39, 0.29) is 11.9 Å². The highest BCUT2D eigenvalue weighted by Crippen LogP contribution is 2.22. The number of likely N-dealkylation sites (tertiary alicyclic amines) is 1. The maximum absolute atomic E-state index is 12.7. The largest absolute Gasteiger partial charge is 0.352 e. The Morgan fingerprint density at radius 1 is 0.938 bits per heavy atom. The van der Waals surface area contributed by atoms with Crippen molar-refractivity contribution in [1.29, 1.82) is 0 Å². The third-order valence-electron chi connectivity index (χ3n) is 6.11. The number of imidazole rings is 1. The number of amides is 1. The highest BCUT2D eigenvalue weighted by atomic mass is 16.1. The predicted octanol–water partition coefficient (Wildman–Crippen LogP) is 4.35. The fourth-order valence-corrected chi connectivity index (χ4v) is 4.57.